The predicted octanol–water partition coefficient (Wildman–Crippen LogP) is 7.72. The summed E-state index contributed by atoms with van der Waals surface area (Å²) in [5.41, 5.74) is 2.05. The first-order valence-electron chi connectivity index (χ1n) is 13.8. The number of amidine groups is 1. The van der Waals surface area contributed by atoms with Gasteiger partial charge in [-0.2, -0.15) is 13.2 Å². The molecule has 1 fully saturated rings. The van der Waals surface area contributed by atoms with E-state index in [0.717, 1.165) is 18.4 Å². The molecular formula is C32H43F3N2O2. The monoisotopic (exact) mass is 544 g/mol. The van der Waals surface area contributed by atoms with E-state index in [1.54, 1.807) is 17.0 Å². The summed E-state index contributed by atoms with van der Waals surface area (Å²) in [6, 6.07) is 13.2. The lowest BCUT2D eigenvalue weighted by molar-refractivity contribution is -0.118. The molecule has 1 saturated heterocycles. The zero-order valence-electron chi connectivity index (χ0n) is 24.3. The third-order valence-corrected chi connectivity index (χ3v) is 7.44. The highest BCUT2D eigenvalue weighted by atomic mass is 19.4. The average Bonchev–Trinajstić information content (AvgIpc) is 3.12. The van der Waals surface area contributed by atoms with Gasteiger partial charge in [-0.1, -0.05) is 85.2 Å². The number of rotatable bonds is 8. The number of ketones is 1. The molecule has 0 amide bonds. The molecule has 39 heavy (non-hydrogen) atoms. The molecule has 2 aromatic rings. The molecule has 0 radical (unpaired) electrons. The number of phenolic OH excluding ortho intramolecular Hbond substituents is 1. The number of likely N-dealkylation sites (tertiary alicyclic amines) is 1. The Labute approximate surface area is 231 Å². The zero-order valence-corrected chi connectivity index (χ0v) is 24.3. The first kappa shape index (κ1) is 30.7. The summed E-state index contributed by atoms with van der Waals surface area (Å²) in [7, 11) is 0. The van der Waals surface area contributed by atoms with Crippen molar-refractivity contribution >= 4 is 11.6 Å². The maximum atomic E-state index is 13.7. The SMILES string of the molecule is CCC[C@H]1CN(CC(=O)c2cc(C(C)(C)C)c(O)c(C(C)(C)C)c2)C(=NCC(F)(F)F)C1Cc1ccccc1. The summed E-state index contributed by atoms with van der Waals surface area (Å²) < 4.78 is 39.9. The van der Waals surface area contributed by atoms with Crippen molar-refractivity contribution in [3.05, 3.63) is 64.7 Å². The van der Waals surface area contributed by atoms with Crippen LogP contribution in [0.5, 0.6) is 5.75 Å². The largest absolute Gasteiger partial charge is 0.507 e. The second kappa shape index (κ2) is 11.7. The summed E-state index contributed by atoms with van der Waals surface area (Å²) >= 11 is 0. The van der Waals surface area contributed by atoms with E-state index in [2.05, 4.69) is 11.9 Å². The summed E-state index contributed by atoms with van der Waals surface area (Å²) in [5, 5.41) is 11.1. The first-order valence-corrected chi connectivity index (χ1v) is 13.8. The molecule has 2 atom stereocenters. The standard InChI is InChI=1S/C32H43F3N2O2/c1-8-12-22-18-37(29(36-20-32(33,34)35)24(22)15-21-13-10-9-11-14-21)19-27(38)23-16-25(30(2,3)4)28(39)26(17-23)31(5,6)7/h9-11,13-14,16-17,22,24,39H,8,12,15,18-20H2,1-7H3/t22-,24?/m0/s1. The minimum absolute atomic E-state index is 0.0554. The van der Waals surface area contributed by atoms with Crippen LogP contribution in [-0.2, 0) is 17.3 Å². The average molecular weight is 545 g/mol. The molecule has 1 aliphatic heterocycles. The summed E-state index contributed by atoms with van der Waals surface area (Å²) in [5.74, 6) is 0.268. The number of phenols is 1. The normalized spacial score (nSPS) is 19.6. The van der Waals surface area contributed by atoms with E-state index in [0.29, 0.717) is 35.5 Å². The van der Waals surface area contributed by atoms with Gasteiger partial charge < -0.3 is 10.0 Å². The fraction of sp³-hybridized carbons (Fsp3) is 0.562. The van der Waals surface area contributed by atoms with Gasteiger partial charge in [-0.3, -0.25) is 9.79 Å². The van der Waals surface area contributed by atoms with Crippen LogP contribution in [0.2, 0.25) is 0 Å². The molecule has 214 valence electrons. The number of alkyl halides is 3. The Hall–Kier alpha value is -2.83. The quantitative estimate of drug-likeness (QED) is 0.346. The minimum atomic E-state index is -4.43. The fourth-order valence-electron chi connectivity index (χ4n) is 5.48. The maximum absolute atomic E-state index is 13.7. The highest BCUT2D eigenvalue weighted by molar-refractivity contribution is 6.01. The molecular weight excluding hydrogens is 501 g/mol. The lowest BCUT2D eigenvalue weighted by Gasteiger charge is -2.28. The van der Waals surface area contributed by atoms with Gasteiger partial charge in [-0.05, 0) is 47.3 Å². The molecule has 1 unspecified atom stereocenters. The molecule has 1 aliphatic rings. The summed E-state index contributed by atoms with van der Waals surface area (Å²) in [4.78, 5) is 19.6. The molecule has 1 heterocycles. The number of Topliss-reactive ketones (excluding diaryl/α,β-unsaturated/α-hetero) is 1. The Balaban J connectivity index is 2.01. The smallest absolute Gasteiger partial charge is 0.408 e. The van der Waals surface area contributed by atoms with E-state index in [1.165, 1.54) is 0 Å². The zero-order chi connectivity index (χ0) is 29.2. The number of nitrogens with zero attached hydrogens (tertiary/aromatic N) is 2. The van der Waals surface area contributed by atoms with Crippen LogP contribution in [0, 0.1) is 11.8 Å². The van der Waals surface area contributed by atoms with Crippen molar-refractivity contribution in [2.45, 2.75) is 84.7 Å². The Kier molecular flexibility index (Phi) is 9.24. The van der Waals surface area contributed by atoms with E-state index >= 15 is 0 Å². The Bertz CT molecular complexity index is 1140. The molecule has 0 saturated carbocycles. The number of halogens is 3. The van der Waals surface area contributed by atoms with Crippen LogP contribution >= 0.6 is 0 Å². The van der Waals surface area contributed by atoms with Crippen LogP contribution in [0.1, 0.15) is 88.4 Å². The van der Waals surface area contributed by atoms with Gasteiger partial charge in [0.2, 0.25) is 0 Å². The second-order valence-corrected chi connectivity index (χ2v) is 12.9. The van der Waals surface area contributed by atoms with E-state index in [4.69, 9.17) is 0 Å². The van der Waals surface area contributed by atoms with Crippen LogP contribution in [-0.4, -0.2) is 47.4 Å². The van der Waals surface area contributed by atoms with Crippen molar-refractivity contribution in [2.75, 3.05) is 19.6 Å². The number of aromatic hydroxyl groups is 1. The highest BCUT2D eigenvalue weighted by Gasteiger charge is 2.40. The first-order chi connectivity index (χ1) is 18.0. The molecule has 1 N–H and O–H groups in total. The van der Waals surface area contributed by atoms with Gasteiger partial charge in [0.05, 0.1) is 6.54 Å². The molecule has 0 aromatic heterocycles. The molecule has 3 rings (SSSR count). The van der Waals surface area contributed by atoms with Gasteiger partial charge in [-0.25, -0.2) is 0 Å². The molecule has 2 aromatic carbocycles. The summed E-state index contributed by atoms with van der Waals surface area (Å²) in [6.07, 6.45) is -2.11. The van der Waals surface area contributed by atoms with Crippen molar-refractivity contribution in [2.24, 2.45) is 16.8 Å². The van der Waals surface area contributed by atoms with E-state index in [9.17, 15) is 23.1 Å². The maximum Gasteiger partial charge on any atom is 0.408 e. The number of carbonyl (C=O) groups excluding carboxylic acids is 1. The van der Waals surface area contributed by atoms with Gasteiger partial charge in [0.25, 0.3) is 0 Å². The van der Waals surface area contributed by atoms with Crippen LogP contribution in [0.25, 0.3) is 0 Å². The Morgan fingerprint density at radius 1 is 1.00 bits per heavy atom. The molecule has 7 heteroatoms. The van der Waals surface area contributed by atoms with Crippen LogP contribution in [0.4, 0.5) is 13.2 Å². The molecule has 0 bridgehead atoms. The van der Waals surface area contributed by atoms with Crippen LogP contribution < -0.4 is 0 Å². The molecule has 0 aliphatic carbocycles. The van der Waals surface area contributed by atoms with Crippen molar-refractivity contribution < 1.29 is 23.1 Å². The molecule has 4 nitrogen and oxygen atoms in total. The van der Waals surface area contributed by atoms with Gasteiger partial charge in [0.1, 0.15) is 18.1 Å². The van der Waals surface area contributed by atoms with Crippen molar-refractivity contribution in [1.29, 1.82) is 0 Å². The minimum Gasteiger partial charge on any atom is -0.507 e. The highest BCUT2D eigenvalue weighted by Crippen LogP contribution is 2.40. The number of benzene rings is 2. The van der Waals surface area contributed by atoms with Crippen molar-refractivity contribution in [1.82, 2.24) is 4.90 Å². The van der Waals surface area contributed by atoms with Gasteiger partial charge >= 0.3 is 6.18 Å². The third-order valence-electron chi connectivity index (χ3n) is 7.44. The summed E-state index contributed by atoms with van der Waals surface area (Å²) in [6.45, 7) is 13.1. The van der Waals surface area contributed by atoms with E-state index in [1.807, 2.05) is 71.9 Å². The topological polar surface area (TPSA) is 52.9 Å². The fourth-order valence-corrected chi connectivity index (χ4v) is 5.48. The number of aliphatic imine (C=N–C) groups is 1. The Morgan fingerprint density at radius 3 is 2.05 bits per heavy atom. The lowest BCUT2D eigenvalue weighted by Crippen LogP contribution is -2.34. The van der Waals surface area contributed by atoms with Gasteiger partial charge in [0.15, 0.2) is 5.78 Å². The number of hydrogen-bond acceptors (Lipinski definition) is 3. The number of carbonyl (C=O) groups is 1. The molecule has 0 spiro atoms. The predicted molar refractivity (Wildman–Crippen MR) is 152 cm³/mol. The number of hydrogen-bond donors (Lipinski definition) is 1. The second-order valence-electron chi connectivity index (χ2n) is 12.9. The lowest BCUT2D eigenvalue weighted by atomic mass is 9.78. The van der Waals surface area contributed by atoms with Crippen molar-refractivity contribution in [3.8, 4) is 5.75 Å². The van der Waals surface area contributed by atoms with Crippen LogP contribution in [0.3, 0.4) is 0 Å². The van der Waals surface area contributed by atoms with Gasteiger partial charge in [0, 0.05) is 29.2 Å². The van der Waals surface area contributed by atoms with Gasteiger partial charge in [-0.15, -0.1) is 0 Å². The van der Waals surface area contributed by atoms with E-state index in [-0.39, 0.29) is 29.9 Å². The van der Waals surface area contributed by atoms with E-state index < -0.39 is 23.6 Å². The van der Waals surface area contributed by atoms with Crippen molar-refractivity contribution in [3.63, 3.8) is 0 Å². The van der Waals surface area contributed by atoms with Crippen LogP contribution in [0.15, 0.2) is 47.5 Å². The Morgan fingerprint density at radius 2 is 1.56 bits per heavy atom. The third kappa shape index (κ3) is 7.86.